The zero-order valence-electron chi connectivity index (χ0n) is 25.6. The van der Waals surface area contributed by atoms with Crippen molar-refractivity contribution < 1.29 is 14.9 Å². The van der Waals surface area contributed by atoms with Gasteiger partial charge >= 0.3 is 0 Å². The van der Waals surface area contributed by atoms with E-state index < -0.39 is 0 Å². The third-order valence-electron chi connectivity index (χ3n) is 8.50. The first-order valence-corrected chi connectivity index (χ1v) is 16.0. The van der Waals surface area contributed by atoms with Crippen molar-refractivity contribution in [3.8, 4) is 17.2 Å². The molecule has 0 aromatic heterocycles. The minimum Gasteiger partial charge on any atom is -0.508 e. The Labute approximate surface area is 243 Å². The molecular weight excluding hydrogens is 496 g/mol. The second-order valence-corrected chi connectivity index (χ2v) is 11.9. The van der Waals surface area contributed by atoms with Gasteiger partial charge in [-0.05, 0) is 43.0 Å². The van der Waals surface area contributed by atoms with E-state index in [2.05, 4.69) is 33.0 Å². The highest BCUT2D eigenvalue weighted by molar-refractivity contribution is 5.82. The van der Waals surface area contributed by atoms with Crippen molar-refractivity contribution in [1.82, 2.24) is 5.32 Å². The fraction of sp³-hybridized carbons (Fsp3) is 0.629. The molecular formula is C35H54N2O3. The molecule has 0 saturated heterocycles. The summed E-state index contributed by atoms with van der Waals surface area (Å²) < 4.78 is 6.33. The summed E-state index contributed by atoms with van der Waals surface area (Å²) in [6.45, 7) is 10.4. The summed E-state index contributed by atoms with van der Waals surface area (Å²) in [4.78, 5) is 5.03. The van der Waals surface area contributed by atoms with Crippen LogP contribution < -0.4 is 10.1 Å². The number of nitrogens with one attached hydrogen (secondary N) is 1. The number of phenols is 2. The van der Waals surface area contributed by atoms with Gasteiger partial charge in [-0.1, -0.05) is 104 Å². The summed E-state index contributed by atoms with van der Waals surface area (Å²) >= 11 is 0. The van der Waals surface area contributed by atoms with Gasteiger partial charge in [0.15, 0.2) is 0 Å². The standard InChI is InChI=1S/C35H54N2O3/c1-5-8-10-11-12-13-14-15-17-31(37-33(16-7-3)36-24-9-6-2)34-30-23-22-29(39)25-32(30)40-26-35(34,4)27-18-20-28(38)21-19-27/h18-23,25,31,34,38-39H,5-17,24,26H2,1-4H3,(H,36,37). The van der Waals surface area contributed by atoms with E-state index in [4.69, 9.17) is 9.73 Å². The van der Waals surface area contributed by atoms with Gasteiger partial charge in [0.25, 0.3) is 0 Å². The number of benzene rings is 2. The Kier molecular flexibility index (Phi) is 13.2. The van der Waals surface area contributed by atoms with Crippen LogP contribution in [0.5, 0.6) is 17.2 Å². The zero-order valence-corrected chi connectivity index (χ0v) is 25.6. The van der Waals surface area contributed by atoms with Crippen LogP contribution in [0.3, 0.4) is 0 Å². The van der Waals surface area contributed by atoms with Gasteiger partial charge in [0.05, 0.1) is 12.4 Å². The minimum atomic E-state index is -0.323. The number of ether oxygens (including phenoxy) is 1. The minimum absolute atomic E-state index is 0.110. The maximum Gasteiger partial charge on any atom is 0.126 e. The van der Waals surface area contributed by atoms with Gasteiger partial charge in [-0.2, -0.15) is 0 Å². The predicted molar refractivity (Wildman–Crippen MR) is 168 cm³/mol. The van der Waals surface area contributed by atoms with Gasteiger partial charge in [-0.15, -0.1) is 0 Å². The normalized spacial score (nSPS) is 19.6. The van der Waals surface area contributed by atoms with Crippen molar-refractivity contribution in [2.24, 2.45) is 4.99 Å². The average molecular weight is 551 g/mol. The SMILES string of the molecule is CCCCCCCCCCC(NC(CCC)=NCCCC)C1c2ccc(O)cc2OCC1(C)c1ccc(O)cc1. The van der Waals surface area contributed by atoms with Crippen LogP contribution in [0, 0.1) is 0 Å². The van der Waals surface area contributed by atoms with E-state index in [9.17, 15) is 10.2 Å². The molecule has 3 unspecified atom stereocenters. The van der Waals surface area contributed by atoms with Crippen LogP contribution in [0.25, 0.3) is 0 Å². The molecule has 3 N–H and O–H groups in total. The average Bonchev–Trinajstić information content (AvgIpc) is 2.94. The van der Waals surface area contributed by atoms with Crippen molar-refractivity contribution in [3.05, 3.63) is 53.6 Å². The Bertz CT molecular complexity index is 1040. The molecule has 0 amide bonds. The number of aliphatic imine (C=N–C) groups is 1. The van der Waals surface area contributed by atoms with E-state index in [-0.39, 0.29) is 28.9 Å². The van der Waals surface area contributed by atoms with Gasteiger partial charge in [-0.3, -0.25) is 4.99 Å². The summed E-state index contributed by atoms with van der Waals surface area (Å²) in [7, 11) is 0. The highest BCUT2D eigenvalue weighted by Gasteiger charge is 2.46. The van der Waals surface area contributed by atoms with E-state index in [1.165, 1.54) is 44.9 Å². The Morgan fingerprint density at radius 1 is 0.875 bits per heavy atom. The maximum absolute atomic E-state index is 10.3. The van der Waals surface area contributed by atoms with Gasteiger partial charge in [-0.25, -0.2) is 0 Å². The van der Waals surface area contributed by atoms with Crippen molar-refractivity contribution in [1.29, 1.82) is 0 Å². The summed E-state index contributed by atoms with van der Waals surface area (Å²) in [5.74, 6) is 2.49. The van der Waals surface area contributed by atoms with Crippen LogP contribution in [0.4, 0.5) is 0 Å². The smallest absolute Gasteiger partial charge is 0.126 e. The topological polar surface area (TPSA) is 74.1 Å². The third-order valence-corrected chi connectivity index (χ3v) is 8.50. The first-order valence-electron chi connectivity index (χ1n) is 16.0. The molecule has 3 atom stereocenters. The van der Waals surface area contributed by atoms with Crippen LogP contribution in [0.15, 0.2) is 47.5 Å². The Balaban J connectivity index is 1.94. The molecule has 0 saturated carbocycles. The van der Waals surface area contributed by atoms with E-state index in [1.54, 1.807) is 24.3 Å². The van der Waals surface area contributed by atoms with Crippen LogP contribution >= 0.6 is 0 Å². The molecule has 1 heterocycles. The van der Waals surface area contributed by atoms with Gasteiger partial charge < -0.3 is 20.3 Å². The molecule has 1 aliphatic heterocycles. The van der Waals surface area contributed by atoms with Gasteiger partial charge in [0, 0.05) is 42.0 Å². The first kappa shape index (κ1) is 31.8. The summed E-state index contributed by atoms with van der Waals surface area (Å²) in [5.41, 5.74) is 1.95. The molecule has 0 radical (unpaired) electrons. The lowest BCUT2D eigenvalue weighted by Gasteiger charge is -2.47. The molecule has 40 heavy (non-hydrogen) atoms. The number of unbranched alkanes of at least 4 members (excludes halogenated alkanes) is 8. The molecule has 1 aliphatic rings. The Morgan fingerprint density at radius 3 is 2.20 bits per heavy atom. The fourth-order valence-corrected chi connectivity index (χ4v) is 6.17. The fourth-order valence-electron chi connectivity index (χ4n) is 6.17. The van der Waals surface area contributed by atoms with E-state index >= 15 is 0 Å². The number of phenolic OH excluding ortho intramolecular Hbond substituents is 2. The number of rotatable bonds is 17. The number of hydrogen-bond acceptors (Lipinski definition) is 4. The molecule has 0 aliphatic carbocycles. The van der Waals surface area contributed by atoms with Crippen LogP contribution in [0.2, 0.25) is 0 Å². The van der Waals surface area contributed by atoms with E-state index in [0.29, 0.717) is 6.61 Å². The lowest BCUT2D eigenvalue weighted by molar-refractivity contribution is 0.148. The number of fused-ring (bicyclic) bond motifs is 1. The number of hydrogen-bond donors (Lipinski definition) is 3. The molecule has 0 fully saturated rings. The molecule has 5 nitrogen and oxygen atoms in total. The van der Waals surface area contributed by atoms with Crippen molar-refractivity contribution in [2.45, 2.75) is 129 Å². The molecule has 2 aromatic rings. The number of aromatic hydroxyl groups is 2. The van der Waals surface area contributed by atoms with Crippen LogP contribution in [-0.4, -0.2) is 35.2 Å². The maximum atomic E-state index is 10.3. The number of nitrogens with zero attached hydrogens (tertiary/aromatic N) is 1. The van der Waals surface area contributed by atoms with Crippen LogP contribution in [0.1, 0.15) is 128 Å². The number of amidine groups is 1. The van der Waals surface area contributed by atoms with Gasteiger partial charge in [0.1, 0.15) is 17.2 Å². The summed E-state index contributed by atoms with van der Waals surface area (Å²) in [5, 5.41) is 24.3. The lowest BCUT2D eigenvalue weighted by Crippen LogP contribution is -2.51. The largest absolute Gasteiger partial charge is 0.508 e. The Hall–Kier alpha value is -2.69. The molecule has 2 aromatic carbocycles. The summed E-state index contributed by atoms with van der Waals surface area (Å²) in [6, 6.07) is 13.4. The Morgan fingerprint density at radius 2 is 1.52 bits per heavy atom. The van der Waals surface area contributed by atoms with E-state index in [0.717, 1.165) is 67.8 Å². The van der Waals surface area contributed by atoms with E-state index in [1.807, 2.05) is 18.2 Å². The molecule has 5 heteroatoms. The first-order chi connectivity index (χ1) is 19.4. The zero-order chi connectivity index (χ0) is 28.8. The lowest BCUT2D eigenvalue weighted by atomic mass is 9.64. The predicted octanol–water partition coefficient (Wildman–Crippen LogP) is 9.02. The highest BCUT2D eigenvalue weighted by atomic mass is 16.5. The molecule has 3 rings (SSSR count). The van der Waals surface area contributed by atoms with Crippen LogP contribution in [-0.2, 0) is 5.41 Å². The van der Waals surface area contributed by atoms with Gasteiger partial charge in [0.2, 0.25) is 0 Å². The molecule has 0 spiro atoms. The van der Waals surface area contributed by atoms with Crippen molar-refractivity contribution >= 4 is 5.84 Å². The van der Waals surface area contributed by atoms with Crippen molar-refractivity contribution in [3.63, 3.8) is 0 Å². The molecule has 0 bridgehead atoms. The quantitative estimate of drug-likeness (QED) is 0.104. The molecule has 222 valence electrons. The summed E-state index contributed by atoms with van der Waals surface area (Å²) in [6.07, 6.45) is 15.6. The second kappa shape index (κ2) is 16.5. The highest BCUT2D eigenvalue weighted by Crippen LogP contribution is 2.50. The monoisotopic (exact) mass is 550 g/mol. The second-order valence-electron chi connectivity index (χ2n) is 11.9. The third kappa shape index (κ3) is 8.91. The van der Waals surface area contributed by atoms with Crippen molar-refractivity contribution in [2.75, 3.05) is 13.2 Å².